The minimum absolute atomic E-state index is 0.0687. The Balaban J connectivity index is 1.38. The van der Waals surface area contributed by atoms with E-state index in [-0.39, 0.29) is 47.1 Å². The van der Waals surface area contributed by atoms with Crippen LogP contribution in [0.15, 0.2) is 48.8 Å². The van der Waals surface area contributed by atoms with Gasteiger partial charge in [-0.2, -0.15) is 0 Å². The fraction of sp³-hybridized carbons (Fsp3) is 0.308. The van der Waals surface area contributed by atoms with Crippen molar-refractivity contribution in [3.63, 3.8) is 0 Å². The van der Waals surface area contributed by atoms with Crippen LogP contribution < -0.4 is 15.4 Å². The maximum Gasteiger partial charge on any atom is 0.276 e. The number of halogens is 2. The summed E-state index contributed by atoms with van der Waals surface area (Å²) in [6.07, 6.45) is 2.89. The maximum absolute atomic E-state index is 14.2. The molecular weight excluding hydrogens is 501 g/mol. The number of fused-ring (bicyclic) bond motifs is 1. The molecule has 192 valence electrons. The highest BCUT2D eigenvalue weighted by atomic mass is 35.5. The van der Waals surface area contributed by atoms with Crippen molar-refractivity contribution in [2.24, 2.45) is 0 Å². The largest absolute Gasteiger partial charge is 0.497 e. The second-order valence-corrected chi connectivity index (χ2v) is 9.80. The van der Waals surface area contributed by atoms with Crippen LogP contribution in [0.4, 0.5) is 10.1 Å². The summed E-state index contributed by atoms with van der Waals surface area (Å²) in [5.74, 6) is -1.49. The number of methoxy groups -OCH3 is 1. The molecule has 2 aliphatic rings. The van der Waals surface area contributed by atoms with Crippen molar-refractivity contribution in [1.29, 1.82) is 0 Å². The van der Waals surface area contributed by atoms with E-state index < -0.39 is 23.2 Å². The van der Waals surface area contributed by atoms with E-state index in [0.29, 0.717) is 5.75 Å². The van der Waals surface area contributed by atoms with E-state index in [4.69, 9.17) is 16.3 Å². The lowest BCUT2D eigenvalue weighted by atomic mass is 9.93. The topological polar surface area (TPSA) is 106 Å². The summed E-state index contributed by atoms with van der Waals surface area (Å²) < 4.78 is 20.9. The van der Waals surface area contributed by atoms with Crippen molar-refractivity contribution in [3.05, 3.63) is 76.6 Å². The number of rotatable bonds is 7. The molecule has 3 amide bonds. The number of ether oxygens (including phenoxy) is 1. The Morgan fingerprint density at radius 1 is 1.22 bits per heavy atom. The van der Waals surface area contributed by atoms with Crippen molar-refractivity contribution in [3.8, 4) is 5.75 Å². The van der Waals surface area contributed by atoms with Crippen LogP contribution in [0.1, 0.15) is 46.3 Å². The highest BCUT2D eigenvalue weighted by Gasteiger charge is 2.53. The van der Waals surface area contributed by atoms with Gasteiger partial charge in [0.1, 0.15) is 22.8 Å². The third kappa shape index (κ3) is 4.64. The second-order valence-electron chi connectivity index (χ2n) is 9.36. The molecule has 1 aliphatic heterocycles. The quantitative estimate of drug-likeness (QED) is 0.490. The van der Waals surface area contributed by atoms with Gasteiger partial charge < -0.3 is 24.8 Å². The van der Waals surface area contributed by atoms with E-state index in [9.17, 15) is 18.8 Å². The molecule has 9 nitrogen and oxygen atoms in total. The molecule has 2 aromatic carbocycles. The minimum Gasteiger partial charge on any atom is -0.497 e. The van der Waals surface area contributed by atoms with Gasteiger partial charge in [0.05, 0.1) is 25.7 Å². The molecule has 1 atom stereocenters. The fourth-order valence-electron chi connectivity index (χ4n) is 4.61. The highest BCUT2D eigenvalue weighted by molar-refractivity contribution is 6.30. The molecule has 1 aromatic heterocycles. The summed E-state index contributed by atoms with van der Waals surface area (Å²) >= 11 is 5.78. The van der Waals surface area contributed by atoms with Gasteiger partial charge >= 0.3 is 0 Å². The Kier molecular flexibility index (Phi) is 6.36. The number of benzene rings is 2. The molecule has 1 saturated carbocycles. The number of hydrogen-bond donors (Lipinski definition) is 2. The summed E-state index contributed by atoms with van der Waals surface area (Å²) in [5, 5.41) is 5.59. The number of amides is 3. The van der Waals surface area contributed by atoms with Crippen LogP contribution in [-0.2, 0) is 17.9 Å². The first-order chi connectivity index (χ1) is 17.7. The predicted molar refractivity (Wildman–Crippen MR) is 134 cm³/mol. The van der Waals surface area contributed by atoms with Crippen LogP contribution in [0, 0.1) is 5.82 Å². The normalized spacial score (nSPS) is 18.8. The van der Waals surface area contributed by atoms with Gasteiger partial charge in [-0.15, -0.1) is 0 Å². The third-order valence-corrected chi connectivity index (χ3v) is 6.91. The number of anilines is 1. The number of nitrogens with one attached hydrogen (secondary N) is 2. The number of aromatic nitrogens is 2. The zero-order valence-electron chi connectivity index (χ0n) is 20.3. The highest BCUT2D eigenvalue weighted by Crippen LogP contribution is 2.39. The Labute approximate surface area is 217 Å². The molecule has 0 saturated heterocycles. The van der Waals surface area contributed by atoms with Gasteiger partial charge in [-0.3, -0.25) is 14.4 Å². The lowest BCUT2D eigenvalue weighted by molar-refractivity contribution is -0.133. The predicted octanol–water partition coefficient (Wildman–Crippen LogP) is 3.63. The summed E-state index contributed by atoms with van der Waals surface area (Å²) in [6, 6.07) is 11.1. The van der Waals surface area contributed by atoms with Crippen molar-refractivity contribution in [2.75, 3.05) is 12.4 Å². The zero-order valence-corrected chi connectivity index (χ0v) is 21.0. The molecule has 2 heterocycles. The lowest BCUT2D eigenvalue weighted by Crippen LogP contribution is -2.64. The first-order valence-electron chi connectivity index (χ1n) is 11.8. The van der Waals surface area contributed by atoms with Crippen LogP contribution in [0.5, 0.6) is 5.75 Å². The van der Waals surface area contributed by atoms with Crippen LogP contribution in [0.2, 0.25) is 5.02 Å². The molecule has 5 rings (SSSR count). The first-order valence-corrected chi connectivity index (χ1v) is 12.2. The Morgan fingerprint density at radius 2 is 1.95 bits per heavy atom. The van der Waals surface area contributed by atoms with Crippen molar-refractivity contribution in [2.45, 2.75) is 44.4 Å². The minimum atomic E-state index is -1.19. The average Bonchev–Trinajstić information content (AvgIpc) is 3.62. The van der Waals surface area contributed by atoms with E-state index in [0.717, 1.165) is 24.5 Å². The van der Waals surface area contributed by atoms with Crippen LogP contribution in [0.25, 0.3) is 0 Å². The second kappa shape index (κ2) is 9.51. The van der Waals surface area contributed by atoms with Gasteiger partial charge in [0.25, 0.3) is 11.8 Å². The molecule has 0 spiro atoms. The van der Waals surface area contributed by atoms with E-state index in [1.165, 1.54) is 23.0 Å². The number of hydrogen-bond acceptors (Lipinski definition) is 5. The molecule has 0 radical (unpaired) electrons. The number of imidazole rings is 1. The van der Waals surface area contributed by atoms with Crippen molar-refractivity contribution >= 4 is 35.0 Å². The molecule has 1 aliphatic carbocycles. The first kappa shape index (κ1) is 24.8. The standard InChI is InChI=1S/C26H25ClFN5O4/c1-26(25(36)29-12-15-3-8-18(37-2)9-4-15)13-32-14-30-21(22(32)24(35)33(26)17-6-7-17)23(34)31-20-10-5-16(27)11-19(20)28/h3-5,8-11,14,17H,6-7,12-13H2,1-2H3,(H,29,36)(H,31,34)/t26-/m1/s1. The van der Waals surface area contributed by atoms with E-state index in [1.807, 2.05) is 24.3 Å². The molecule has 37 heavy (non-hydrogen) atoms. The van der Waals surface area contributed by atoms with Gasteiger partial charge in [0.15, 0.2) is 5.69 Å². The van der Waals surface area contributed by atoms with Gasteiger partial charge in [0, 0.05) is 17.6 Å². The monoisotopic (exact) mass is 525 g/mol. The van der Waals surface area contributed by atoms with Crippen LogP contribution in [-0.4, -0.2) is 50.9 Å². The van der Waals surface area contributed by atoms with E-state index in [2.05, 4.69) is 15.6 Å². The number of nitrogens with zero attached hydrogens (tertiary/aromatic N) is 3. The molecule has 0 bridgehead atoms. The van der Waals surface area contributed by atoms with Crippen LogP contribution in [0.3, 0.4) is 0 Å². The maximum atomic E-state index is 14.2. The van der Waals surface area contributed by atoms with Gasteiger partial charge in [-0.25, -0.2) is 9.37 Å². The summed E-state index contributed by atoms with van der Waals surface area (Å²) in [7, 11) is 1.58. The molecule has 1 fully saturated rings. The Hall–Kier alpha value is -3.92. The van der Waals surface area contributed by atoms with Crippen molar-refractivity contribution < 1.29 is 23.5 Å². The zero-order chi connectivity index (χ0) is 26.3. The molecule has 11 heteroatoms. The molecule has 0 unspecified atom stereocenters. The van der Waals surface area contributed by atoms with Crippen molar-refractivity contribution in [1.82, 2.24) is 19.8 Å². The SMILES string of the molecule is COc1ccc(CNC(=O)[C@@]2(C)Cn3cnc(C(=O)Nc4ccc(Cl)cc4F)c3C(=O)N2C2CC2)cc1. The smallest absolute Gasteiger partial charge is 0.276 e. The van der Waals surface area contributed by atoms with Gasteiger partial charge in [0.2, 0.25) is 5.91 Å². The van der Waals surface area contributed by atoms with Gasteiger partial charge in [-0.1, -0.05) is 23.7 Å². The fourth-order valence-corrected chi connectivity index (χ4v) is 4.77. The Morgan fingerprint density at radius 3 is 2.59 bits per heavy atom. The van der Waals surface area contributed by atoms with Gasteiger partial charge in [-0.05, 0) is 55.7 Å². The van der Waals surface area contributed by atoms with Crippen LogP contribution >= 0.6 is 11.6 Å². The summed E-state index contributed by atoms with van der Waals surface area (Å²) in [6.45, 7) is 2.12. The summed E-state index contributed by atoms with van der Waals surface area (Å²) in [4.78, 5) is 45.9. The summed E-state index contributed by atoms with van der Waals surface area (Å²) in [5.41, 5.74) is -0.449. The average molecular weight is 526 g/mol. The third-order valence-electron chi connectivity index (χ3n) is 6.68. The molecular formula is C26H25ClFN5O4. The number of carbonyl (C=O) groups excluding carboxylic acids is 3. The number of carbonyl (C=O) groups is 3. The molecule has 2 N–H and O–H groups in total. The van der Waals surface area contributed by atoms with E-state index >= 15 is 0 Å². The Bertz CT molecular complexity index is 1390. The van der Waals surface area contributed by atoms with E-state index in [1.54, 1.807) is 18.9 Å². The molecule has 3 aromatic rings. The lowest BCUT2D eigenvalue weighted by Gasteiger charge is -2.44.